The molecule has 0 fully saturated rings. The molecule has 1 heterocycles. The van der Waals surface area contributed by atoms with Gasteiger partial charge in [0.1, 0.15) is 22.9 Å². The molecule has 0 aliphatic rings. The molecule has 4 rings (SSSR count). The molecule has 9 nitrogen and oxygen atoms in total. The minimum absolute atomic E-state index is 0.0964. The van der Waals surface area contributed by atoms with E-state index in [2.05, 4.69) is 43.5 Å². The lowest BCUT2D eigenvalue weighted by molar-refractivity contribution is 0.0579. The molecule has 3 aromatic carbocycles. The Bertz CT molecular complexity index is 1680. The third kappa shape index (κ3) is 9.77. The van der Waals surface area contributed by atoms with Crippen molar-refractivity contribution in [2.45, 2.75) is 45.9 Å². The Morgan fingerprint density at radius 3 is 1.96 bits per heavy atom. The number of sulfonamides is 1. The number of fused-ring (bicyclic) bond motifs is 1. The zero-order chi connectivity index (χ0) is 32.8. The van der Waals surface area contributed by atoms with E-state index in [4.69, 9.17) is 14.2 Å². The average molecular weight is 811 g/mol. The first-order chi connectivity index (χ1) is 21.3. The Hall–Kier alpha value is -2.94. The maximum Gasteiger partial charge on any atom is 0.416 e. The van der Waals surface area contributed by atoms with E-state index in [0.29, 0.717) is 17.3 Å². The van der Waals surface area contributed by atoms with E-state index in [1.807, 2.05) is 66.7 Å². The van der Waals surface area contributed by atoms with E-state index < -0.39 is 21.7 Å². The van der Waals surface area contributed by atoms with Crippen molar-refractivity contribution in [2.24, 2.45) is 0 Å². The maximum absolute atomic E-state index is 13.9. The molecule has 240 valence electrons. The van der Waals surface area contributed by atoms with Crippen molar-refractivity contribution in [3.8, 4) is 11.5 Å². The van der Waals surface area contributed by atoms with Gasteiger partial charge in [0.05, 0.1) is 20.0 Å². The number of benzene rings is 3. The highest BCUT2D eigenvalue weighted by atomic mass is 127. The maximum atomic E-state index is 13.9. The topological polar surface area (TPSA) is 98.3 Å². The number of nitrogens with zero attached hydrogens (tertiary/aromatic N) is 3. The van der Waals surface area contributed by atoms with Gasteiger partial charge in [-0.05, 0) is 125 Å². The molecule has 0 aliphatic carbocycles. The van der Waals surface area contributed by atoms with E-state index >= 15 is 0 Å². The SMILES string of the molecule is COc1ccc(CN(Cc2ccc(OC)cc2)S(=O)(=O)CCCN(C(=O)OC(C)(C)C)c2cc3cc(I)c(Br)cc3cn2)cc1. The van der Waals surface area contributed by atoms with Crippen LogP contribution < -0.4 is 14.4 Å². The molecule has 0 aliphatic heterocycles. The van der Waals surface area contributed by atoms with Gasteiger partial charge in [0.15, 0.2) is 0 Å². The molecule has 12 heteroatoms. The monoisotopic (exact) mass is 809 g/mol. The summed E-state index contributed by atoms with van der Waals surface area (Å²) in [5, 5.41) is 1.81. The third-order valence-electron chi connectivity index (χ3n) is 6.85. The van der Waals surface area contributed by atoms with E-state index in [9.17, 15) is 13.2 Å². The molecule has 0 atom stereocenters. The van der Waals surface area contributed by atoms with Crippen LogP contribution in [0.5, 0.6) is 11.5 Å². The Labute approximate surface area is 287 Å². The van der Waals surface area contributed by atoms with Crippen LogP contribution in [0.25, 0.3) is 10.8 Å². The fourth-order valence-electron chi connectivity index (χ4n) is 4.55. The summed E-state index contributed by atoms with van der Waals surface area (Å²) in [4.78, 5) is 19.3. The summed E-state index contributed by atoms with van der Waals surface area (Å²) in [6.45, 7) is 5.81. The van der Waals surface area contributed by atoms with E-state index in [1.54, 1.807) is 41.2 Å². The van der Waals surface area contributed by atoms with Crippen LogP contribution in [0.4, 0.5) is 10.6 Å². The second kappa shape index (κ2) is 15.1. The van der Waals surface area contributed by atoms with Gasteiger partial charge in [-0.2, -0.15) is 4.31 Å². The first-order valence-corrected chi connectivity index (χ1v) is 17.7. The van der Waals surface area contributed by atoms with Crippen molar-refractivity contribution in [1.82, 2.24) is 9.29 Å². The third-order valence-corrected chi connectivity index (χ3v) is 11.0. The van der Waals surface area contributed by atoms with Crippen molar-refractivity contribution in [3.05, 3.63) is 92.1 Å². The van der Waals surface area contributed by atoms with Crippen LogP contribution in [0, 0.1) is 3.57 Å². The Morgan fingerprint density at radius 1 is 0.889 bits per heavy atom. The molecular formula is C33H37BrIN3O6S. The van der Waals surface area contributed by atoms with Crippen LogP contribution in [-0.2, 0) is 27.8 Å². The second-order valence-electron chi connectivity index (χ2n) is 11.4. The lowest BCUT2D eigenvalue weighted by Gasteiger charge is -2.27. The highest BCUT2D eigenvalue weighted by Crippen LogP contribution is 2.28. The molecule has 0 saturated heterocycles. The molecule has 0 radical (unpaired) electrons. The van der Waals surface area contributed by atoms with Crippen molar-refractivity contribution in [2.75, 3.05) is 31.4 Å². The van der Waals surface area contributed by atoms with E-state index in [-0.39, 0.29) is 31.8 Å². The standard InChI is InChI=1S/C33H37BrIN3O6S/c1-33(2,3)44-32(39)38(31-19-25-18-30(35)29(34)17-26(25)20-36-31)15-6-16-45(40,41)37(21-23-7-11-27(42-4)12-8-23)22-24-9-13-28(43-5)14-10-24/h7-14,17-20H,6,15-16,21-22H2,1-5H3. The fourth-order valence-corrected chi connectivity index (χ4v) is 6.84. The first-order valence-electron chi connectivity index (χ1n) is 14.3. The first kappa shape index (κ1) is 34.9. The number of methoxy groups -OCH3 is 2. The molecule has 1 amide bonds. The zero-order valence-corrected chi connectivity index (χ0v) is 30.5. The van der Waals surface area contributed by atoms with Crippen molar-refractivity contribution >= 4 is 71.2 Å². The van der Waals surface area contributed by atoms with Crippen LogP contribution >= 0.6 is 38.5 Å². The number of halogens is 2. The summed E-state index contributed by atoms with van der Waals surface area (Å²) in [6, 6.07) is 20.4. The van der Waals surface area contributed by atoms with Gasteiger partial charge in [-0.15, -0.1) is 0 Å². The molecule has 4 aromatic rings. The van der Waals surface area contributed by atoms with Gasteiger partial charge >= 0.3 is 6.09 Å². The van der Waals surface area contributed by atoms with Gasteiger partial charge < -0.3 is 14.2 Å². The van der Waals surface area contributed by atoms with Crippen LogP contribution in [0.1, 0.15) is 38.3 Å². The number of hydrogen-bond donors (Lipinski definition) is 0. The Kier molecular flexibility index (Phi) is 11.7. The Balaban J connectivity index is 1.57. The molecule has 0 bridgehead atoms. The highest BCUT2D eigenvalue weighted by molar-refractivity contribution is 14.1. The quantitative estimate of drug-likeness (QED) is 0.135. The van der Waals surface area contributed by atoms with Gasteiger partial charge in [0, 0.05) is 39.3 Å². The number of anilines is 1. The van der Waals surface area contributed by atoms with Gasteiger partial charge in [-0.25, -0.2) is 18.2 Å². The summed E-state index contributed by atoms with van der Waals surface area (Å²) in [5.74, 6) is 1.59. The molecule has 0 spiro atoms. The van der Waals surface area contributed by atoms with Gasteiger partial charge in [0.25, 0.3) is 0 Å². The number of rotatable bonds is 12. The number of ether oxygens (including phenoxy) is 3. The molecule has 0 N–H and O–H groups in total. The number of aromatic nitrogens is 1. The number of carbonyl (C=O) groups excluding carboxylic acids is 1. The largest absolute Gasteiger partial charge is 0.497 e. The van der Waals surface area contributed by atoms with E-state index in [0.717, 1.165) is 29.9 Å². The van der Waals surface area contributed by atoms with Crippen LogP contribution in [-0.4, -0.2) is 55.9 Å². The highest BCUT2D eigenvalue weighted by Gasteiger charge is 2.27. The van der Waals surface area contributed by atoms with Gasteiger partial charge in [-0.3, -0.25) is 4.90 Å². The molecule has 1 aromatic heterocycles. The minimum atomic E-state index is -3.77. The lowest BCUT2D eigenvalue weighted by Crippen LogP contribution is -2.39. The fraction of sp³-hybridized carbons (Fsp3) is 0.333. The van der Waals surface area contributed by atoms with Crippen LogP contribution in [0.15, 0.2) is 77.4 Å². The number of hydrogen-bond acceptors (Lipinski definition) is 7. The van der Waals surface area contributed by atoms with Gasteiger partial charge in [-0.1, -0.05) is 24.3 Å². The number of amides is 1. The number of carbonyl (C=O) groups is 1. The van der Waals surface area contributed by atoms with Crippen molar-refractivity contribution < 1.29 is 27.4 Å². The summed E-state index contributed by atoms with van der Waals surface area (Å²) >= 11 is 5.78. The predicted molar refractivity (Wildman–Crippen MR) is 189 cm³/mol. The smallest absolute Gasteiger partial charge is 0.416 e. The van der Waals surface area contributed by atoms with Crippen molar-refractivity contribution in [1.29, 1.82) is 0 Å². The Morgan fingerprint density at radius 2 is 1.44 bits per heavy atom. The molecular weight excluding hydrogens is 773 g/mol. The van der Waals surface area contributed by atoms with Gasteiger partial charge in [0.2, 0.25) is 10.0 Å². The van der Waals surface area contributed by atoms with E-state index in [1.165, 1.54) is 9.21 Å². The predicted octanol–water partition coefficient (Wildman–Crippen LogP) is 7.78. The average Bonchev–Trinajstić information content (AvgIpc) is 2.99. The summed E-state index contributed by atoms with van der Waals surface area (Å²) < 4.78 is 47.4. The minimum Gasteiger partial charge on any atom is -0.497 e. The summed E-state index contributed by atoms with van der Waals surface area (Å²) in [6.07, 6.45) is 1.28. The normalized spacial score (nSPS) is 11.9. The molecule has 0 unspecified atom stereocenters. The summed E-state index contributed by atoms with van der Waals surface area (Å²) in [5.41, 5.74) is 0.904. The van der Waals surface area contributed by atoms with Crippen LogP contribution in [0.3, 0.4) is 0 Å². The van der Waals surface area contributed by atoms with Crippen molar-refractivity contribution in [3.63, 3.8) is 0 Å². The zero-order valence-electron chi connectivity index (χ0n) is 25.9. The summed E-state index contributed by atoms with van der Waals surface area (Å²) in [7, 11) is -0.595. The second-order valence-corrected chi connectivity index (χ2v) is 15.5. The molecule has 0 saturated carbocycles. The molecule has 45 heavy (non-hydrogen) atoms. The van der Waals surface area contributed by atoms with Crippen LogP contribution in [0.2, 0.25) is 0 Å². The lowest BCUT2D eigenvalue weighted by atomic mass is 10.2. The number of pyridine rings is 1.